The van der Waals surface area contributed by atoms with E-state index in [9.17, 15) is 19.3 Å². The lowest BCUT2D eigenvalue weighted by atomic mass is 10.2. The Labute approximate surface area is 143 Å². The van der Waals surface area contributed by atoms with Crippen molar-refractivity contribution in [2.75, 3.05) is 30.4 Å². The third kappa shape index (κ3) is 3.23. The Hall–Kier alpha value is -3.16. The summed E-state index contributed by atoms with van der Waals surface area (Å²) in [6.45, 7) is 0.415. The minimum Gasteiger partial charge on any atom is -0.494 e. The van der Waals surface area contributed by atoms with Gasteiger partial charge in [0.15, 0.2) is 11.6 Å². The molecule has 0 saturated carbocycles. The number of hydrogen-bond acceptors (Lipinski definition) is 5. The Bertz CT molecular complexity index is 841. The van der Waals surface area contributed by atoms with Gasteiger partial charge < -0.3 is 15.0 Å². The molecular formula is C17H16FN3O4. The van der Waals surface area contributed by atoms with E-state index in [2.05, 4.69) is 5.32 Å². The molecule has 0 unspecified atom stereocenters. The zero-order chi connectivity index (χ0) is 18.0. The summed E-state index contributed by atoms with van der Waals surface area (Å²) >= 11 is 0. The van der Waals surface area contributed by atoms with Crippen molar-refractivity contribution in [1.82, 2.24) is 0 Å². The smallest absolute Gasteiger partial charge is 0.295 e. The maximum absolute atomic E-state index is 13.7. The van der Waals surface area contributed by atoms with E-state index in [4.69, 9.17) is 4.74 Å². The van der Waals surface area contributed by atoms with E-state index in [1.807, 2.05) is 24.3 Å². The average Bonchev–Trinajstić information content (AvgIpc) is 3.04. The quantitative estimate of drug-likeness (QED) is 0.665. The van der Waals surface area contributed by atoms with Crippen LogP contribution in [0.15, 0.2) is 36.4 Å². The number of carbonyl (C=O) groups excluding carboxylic acids is 1. The van der Waals surface area contributed by atoms with Crippen LogP contribution in [0.2, 0.25) is 0 Å². The number of nitro groups is 1. The molecule has 0 aliphatic carbocycles. The van der Waals surface area contributed by atoms with Gasteiger partial charge in [-0.1, -0.05) is 18.2 Å². The van der Waals surface area contributed by atoms with Crippen molar-refractivity contribution in [2.45, 2.75) is 6.42 Å². The van der Waals surface area contributed by atoms with E-state index < -0.39 is 16.4 Å². The first-order chi connectivity index (χ1) is 12.0. The summed E-state index contributed by atoms with van der Waals surface area (Å²) in [6.07, 6.45) is 0.770. The average molecular weight is 345 g/mol. The van der Waals surface area contributed by atoms with Gasteiger partial charge in [0.1, 0.15) is 5.69 Å². The van der Waals surface area contributed by atoms with E-state index in [1.165, 1.54) is 13.2 Å². The van der Waals surface area contributed by atoms with Gasteiger partial charge in [-0.3, -0.25) is 14.9 Å². The fourth-order valence-electron chi connectivity index (χ4n) is 2.86. The molecule has 1 N–H and O–H groups in total. The Morgan fingerprint density at radius 2 is 2.16 bits per heavy atom. The second kappa shape index (κ2) is 6.76. The lowest BCUT2D eigenvalue weighted by Crippen LogP contribution is -2.34. The molecule has 7 nitrogen and oxygen atoms in total. The number of benzene rings is 2. The Kier molecular flexibility index (Phi) is 4.51. The van der Waals surface area contributed by atoms with Crippen LogP contribution in [0, 0.1) is 15.9 Å². The molecule has 0 spiro atoms. The Balaban J connectivity index is 1.78. The summed E-state index contributed by atoms with van der Waals surface area (Å²) in [5.74, 6) is -1.19. The third-order valence-corrected chi connectivity index (χ3v) is 4.09. The Morgan fingerprint density at radius 1 is 1.40 bits per heavy atom. The van der Waals surface area contributed by atoms with Crippen LogP contribution >= 0.6 is 0 Å². The lowest BCUT2D eigenvalue weighted by Gasteiger charge is -2.18. The highest BCUT2D eigenvalue weighted by Gasteiger charge is 2.25. The fraction of sp³-hybridized carbons (Fsp3) is 0.235. The number of rotatable bonds is 5. The molecule has 0 aromatic heterocycles. The van der Waals surface area contributed by atoms with Crippen molar-refractivity contribution in [3.8, 4) is 5.75 Å². The molecule has 130 valence electrons. The van der Waals surface area contributed by atoms with Crippen molar-refractivity contribution in [1.29, 1.82) is 0 Å². The molecule has 25 heavy (non-hydrogen) atoms. The molecule has 1 aliphatic heterocycles. The number of carbonyl (C=O) groups is 1. The summed E-state index contributed by atoms with van der Waals surface area (Å²) < 4.78 is 18.5. The predicted molar refractivity (Wildman–Crippen MR) is 90.6 cm³/mol. The molecule has 0 fully saturated rings. The van der Waals surface area contributed by atoms with Gasteiger partial charge in [-0.05, 0) is 18.1 Å². The molecule has 0 radical (unpaired) electrons. The first kappa shape index (κ1) is 16.7. The van der Waals surface area contributed by atoms with E-state index >= 15 is 0 Å². The van der Waals surface area contributed by atoms with Gasteiger partial charge in [-0.2, -0.15) is 0 Å². The summed E-state index contributed by atoms with van der Waals surface area (Å²) in [7, 11) is 1.26. The van der Waals surface area contributed by atoms with Gasteiger partial charge in [0.05, 0.1) is 24.6 Å². The van der Waals surface area contributed by atoms with Crippen molar-refractivity contribution >= 4 is 23.0 Å². The summed E-state index contributed by atoms with van der Waals surface area (Å²) in [5.41, 5.74) is 1.52. The van der Waals surface area contributed by atoms with E-state index in [0.29, 0.717) is 6.54 Å². The maximum Gasteiger partial charge on any atom is 0.295 e. The number of nitrogens with one attached hydrogen (secondary N) is 1. The topological polar surface area (TPSA) is 84.7 Å². The summed E-state index contributed by atoms with van der Waals surface area (Å²) in [5, 5.41) is 13.8. The standard InChI is InChI=1S/C17H16FN3O4/c1-25-16-9-13(15(21(23)24)8-12(16)18)19-10-17(22)20-7-6-11-4-2-3-5-14(11)20/h2-5,8-9,19H,6-7,10H2,1H3. The van der Waals surface area contributed by atoms with Crippen LogP contribution in [0.3, 0.4) is 0 Å². The highest BCUT2D eigenvalue weighted by molar-refractivity contribution is 5.98. The molecule has 3 rings (SSSR count). The van der Waals surface area contributed by atoms with Gasteiger partial charge in [0.25, 0.3) is 5.69 Å². The first-order valence-electron chi connectivity index (χ1n) is 7.65. The van der Waals surface area contributed by atoms with Crippen molar-refractivity contribution in [3.63, 3.8) is 0 Å². The van der Waals surface area contributed by atoms with E-state index in [1.54, 1.807) is 4.90 Å². The van der Waals surface area contributed by atoms with Crippen LogP contribution in [0.25, 0.3) is 0 Å². The maximum atomic E-state index is 13.7. The van der Waals surface area contributed by atoms with Crippen LogP contribution in [0.1, 0.15) is 5.56 Å². The van der Waals surface area contributed by atoms with Crippen LogP contribution in [-0.4, -0.2) is 31.0 Å². The number of para-hydroxylation sites is 1. The van der Waals surface area contributed by atoms with Crippen LogP contribution in [0.4, 0.5) is 21.5 Å². The molecule has 1 aliphatic rings. The summed E-state index contributed by atoms with van der Waals surface area (Å²) in [6, 6.07) is 9.55. The normalized spacial score (nSPS) is 12.6. The molecule has 2 aromatic carbocycles. The molecular weight excluding hydrogens is 329 g/mol. The monoisotopic (exact) mass is 345 g/mol. The highest BCUT2D eigenvalue weighted by atomic mass is 19.1. The number of ether oxygens (including phenoxy) is 1. The Morgan fingerprint density at radius 3 is 2.88 bits per heavy atom. The summed E-state index contributed by atoms with van der Waals surface area (Å²) in [4.78, 5) is 24.5. The van der Waals surface area contributed by atoms with E-state index in [0.717, 1.165) is 23.7 Å². The number of methoxy groups -OCH3 is 1. The number of nitro benzene ring substituents is 1. The number of nitrogens with zero attached hydrogens (tertiary/aromatic N) is 2. The van der Waals surface area contributed by atoms with Gasteiger partial charge in [0, 0.05) is 18.3 Å². The van der Waals surface area contributed by atoms with E-state index in [-0.39, 0.29) is 23.9 Å². The zero-order valence-corrected chi connectivity index (χ0v) is 13.5. The fourth-order valence-corrected chi connectivity index (χ4v) is 2.86. The predicted octanol–water partition coefficient (Wildman–Crippen LogP) is 2.74. The number of hydrogen-bond donors (Lipinski definition) is 1. The molecule has 8 heteroatoms. The van der Waals surface area contributed by atoms with Crippen LogP contribution < -0.4 is 15.0 Å². The molecule has 0 atom stereocenters. The second-order valence-electron chi connectivity index (χ2n) is 5.54. The van der Waals surface area contributed by atoms with Crippen molar-refractivity contribution in [2.24, 2.45) is 0 Å². The lowest BCUT2D eigenvalue weighted by molar-refractivity contribution is -0.384. The van der Waals surface area contributed by atoms with Crippen molar-refractivity contribution in [3.05, 3.63) is 57.9 Å². The molecule has 2 aromatic rings. The minimum absolute atomic E-state index is 0.0316. The molecule has 1 heterocycles. The van der Waals surface area contributed by atoms with Crippen molar-refractivity contribution < 1.29 is 18.8 Å². The van der Waals surface area contributed by atoms with Gasteiger partial charge in [-0.25, -0.2) is 4.39 Å². The third-order valence-electron chi connectivity index (χ3n) is 4.09. The molecule has 0 bridgehead atoms. The number of halogens is 1. The molecule has 1 amide bonds. The van der Waals surface area contributed by atoms with Gasteiger partial charge in [0.2, 0.25) is 5.91 Å². The number of amides is 1. The van der Waals surface area contributed by atoms with Crippen LogP contribution in [0.5, 0.6) is 5.75 Å². The van der Waals surface area contributed by atoms with Gasteiger partial charge in [-0.15, -0.1) is 0 Å². The highest BCUT2D eigenvalue weighted by Crippen LogP contribution is 2.32. The number of fused-ring (bicyclic) bond motifs is 1. The molecule has 0 saturated heterocycles. The SMILES string of the molecule is COc1cc(NCC(=O)N2CCc3ccccc32)c([N+](=O)[O-])cc1F. The minimum atomic E-state index is -0.834. The number of anilines is 2. The largest absolute Gasteiger partial charge is 0.494 e. The zero-order valence-electron chi connectivity index (χ0n) is 13.5. The van der Waals surface area contributed by atoms with Crippen LogP contribution in [-0.2, 0) is 11.2 Å². The first-order valence-corrected chi connectivity index (χ1v) is 7.65. The van der Waals surface area contributed by atoms with Gasteiger partial charge >= 0.3 is 0 Å². The second-order valence-corrected chi connectivity index (χ2v) is 5.54.